The minimum atomic E-state index is -0.253. The van der Waals surface area contributed by atoms with Crippen LogP contribution in [0.2, 0.25) is 0 Å². The highest BCUT2D eigenvalue weighted by molar-refractivity contribution is 5.06. The van der Waals surface area contributed by atoms with E-state index in [-0.39, 0.29) is 6.10 Å². The third kappa shape index (κ3) is 1.08. The summed E-state index contributed by atoms with van der Waals surface area (Å²) in [6.07, 6.45) is 0.565. The first kappa shape index (κ1) is 5.79. The molecule has 1 fully saturated rings. The Hall–Kier alpha value is -0.340. The number of piperidine rings is 1. The maximum atomic E-state index is 9.04. The fourth-order valence-electron chi connectivity index (χ4n) is 0.810. The summed E-state index contributed by atoms with van der Waals surface area (Å²) in [5.74, 6) is 0. The van der Waals surface area contributed by atoms with Gasteiger partial charge in [0.05, 0.1) is 6.10 Å². The second-order valence-electron chi connectivity index (χ2n) is 2.14. The zero-order valence-electron chi connectivity index (χ0n) is 4.85. The van der Waals surface area contributed by atoms with Crippen LogP contribution in [0.1, 0.15) is 6.42 Å². The molecule has 2 nitrogen and oxygen atoms in total. The van der Waals surface area contributed by atoms with Crippen LogP contribution in [0, 0.1) is 0 Å². The molecule has 1 saturated heterocycles. The van der Waals surface area contributed by atoms with E-state index in [0.717, 1.165) is 25.1 Å². The fourth-order valence-corrected chi connectivity index (χ4v) is 0.810. The quantitative estimate of drug-likeness (QED) is 0.430. The Kier molecular flexibility index (Phi) is 1.65. The first-order chi connectivity index (χ1) is 3.80. The highest BCUT2D eigenvalue weighted by Crippen LogP contribution is 2.05. The van der Waals surface area contributed by atoms with E-state index >= 15 is 0 Å². The molecule has 0 amide bonds. The average Bonchev–Trinajstić information content (AvgIpc) is 1.77. The molecule has 1 unspecified atom stereocenters. The Morgan fingerprint density at radius 3 is 2.88 bits per heavy atom. The van der Waals surface area contributed by atoms with E-state index in [4.69, 9.17) is 5.11 Å². The Balaban J connectivity index is 2.39. The van der Waals surface area contributed by atoms with Gasteiger partial charge in [0.1, 0.15) is 0 Å². The van der Waals surface area contributed by atoms with Gasteiger partial charge in [-0.3, -0.25) is 0 Å². The van der Waals surface area contributed by atoms with Crippen LogP contribution >= 0.6 is 0 Å². The molecule has 0 aromatic rings. The van der Waals surface area contributed by atoms with Gasteiger partial charge in [0.25, 0.3) is 0 Å². The highest BCUT2D eigenvalue weighted by Gasteiger charge is 2.11. The molecule has 0 radical (unpaired) electrons. The Morgan fingerprint density at radius 2 is 2.50 bits per heavy atom. The summed E-state index contributed by atoms with van der Waals surface area (Å²) >= 11 is 0. The van der Waals surface area contributed by atoms with Crippen molar-refractivity contribution in [1.29, 1.82) is 0 Å². The van der Waals surface area contributed by atoms with E-state index in [1.807, 2.05) is 0 Å². The van der Waals surface area contributed by atoms with Crippen LogP contribution in [-0.4, -0.2) is 24.3 Å². The summed E-state index contributed by atoms with van der Waals surface area (Å²) in [6.45, 7) is 5.38. The average molecular weight is 113 g/mol. The highest BCUT2D eigenvalue weighted by atomic mass is 16.3. The maximum absolute atomic E-state index is 9.04. The molecule has 0 saturated carbocycles. The molecule has 0 bridgehead atoms. The molecule has 1 atom stereocenters. The lowest BCUT2D eigenvalue weighted by atomic mass is 10.1. The molecule has 1 rings (SSSR count). The SMILES string of the molecule is C=C1CNCCC1O. The van der Waals surface area contributed by atoms with E-state index in [1.54, 1.807) is 0 Å². The van der Waals surface area contributed by atoms with Gasteiger partial charge < -0.3 is 10.4 Å². The lowest BCUT2D eigenvalue weighted by Gasteiger charge is -2.19. The first-order valence-electron chi connectivity index (χ1n) is 2.87. The van der Waals surface area contributed by atoms with Gasteiger partial charge in [-0.2, -0.15) is 0 Å². The van der Waals surface area contributed by atoms with Gasteiger partial charge in [0, 0.05) is 6.54 Å². The van der Waals surface area contributed by atoms with Gasteiger partial charge in [-0.05, 0) is 18.5 Å². The number of hydrogen-bond donors (Lipinski definition) is 2. The third-order valence-corrected chi connectivity index (χ3v) is 1.42. The molecular formula is C6H11NO. The number of nitrogens with one attached hydrogen (secondary N) is 1. The first-order valence-corrected chi connectivity index (χ1v) is 2.87. The van der Waals surface area contributed by atoms with Gasteiger partial charge in [-0.1, -0.05) is 6.58 Å². The van der Waals surface area contributed by atoms with Crippen LogP contribution in [0.25, 0.3) is 0 Å². The largest absolute Gasteiger partial charge is 0.389 e. The van der Waals surface area contributed by atoms with Crippen molar-refractivity contribution in [1.82, 2.24) is 5.32 Å². The van der Waals surface area contributed by atoms with Gasteiger partial charge >= 0.3 is 0 Å². The molecule has 1 aliphatic heterocycles. The van der Waals surface area contributed by atoms with Crippen molar-refractivity contribution in [3.8, 4) is 0 Å². The van der Waals surface area contributed by atoms with Crippen molar-refractivity contribution in [2.24, 2.45) is 0 Å². The molecule has 0 aromatic carbocycles. The molecular weight excluding hydrogens is 102 g/mol. The van der Waals surface area contributed by atoms with E-state index in [9.17, 15) is 0 Å². The van der Waals surface area contributed by atoms with E-state index < -0.39 is 0 Å². The van der Waals surface area contributed by atoms with Gasteiger partial charge in [0.15, 0.2) is 0 Å². The zero-order chi connectivity index (χ0) is 5.98. The Morgan fingerprint density at radius 1 is 1.75 bits per heavy atom. The van der Waals surface area contributed by atoms with Crippen molar-refractivity contribution >= 4 is 0 Å². The molecule has 2 N–H and O–H groups in total. The molecule has 2 heteroatoms. The third-order valence-electron chi connectivity index (χ3n) is 1.42. The lowest BCUT2D eigenvalue weighted by molar-refractivity contribution is 0.185. The molecule has 1 aliphatic rings. The monoisotopic (exact) mass is 113 g/mol. The summed E-state index contributed by atoms with van der Waals surface area (Å²) in [6, 6.07) is 0. The normalized spacial score (nSPS) is 30.6. The molecule has 46 valence electrons. The minimum Gasteiger partial charge on any atom is -0.389 e. The Labute approximate surface area is 49.2 Å². The van der Waals surface area contributed by atoms with E-state index in [1.165, 1.54) is 0 Å². The topological polar surface area (TPSA) is 32.3 Å². The molecule has 0 aliphatic carbocycles. The van der Waals surface area contributed by atoms with Crippen LogP contribution in [0.4, 0.5) is 0 Å². The number of hydrogen-bond acceptors (Lipinski definition) is 2. The molecule has 0 aromatic heterocycles. The van der Waals surface area contributed by atoms with Crippen LogP contribution < -0.4 is 5.32 Å². The maximum Gasteiger partial charge on any atom is 0.0771 e. The van der Waals surface area contributed by atoms with Crippen molar-refractivity contribution in [2.45, 2.75) is 12.5 Å². The second-order valence-corrected chi connectivity index (χ2v) is 2.14. The summed E-state index contributed by atoms with van der Waals surface area (Å²) in [7, 11) is 0. The van der Waals surface area contributed by atoms with Gasteiger partial charge in [-0.15, -0.1) is 0 Å². The van der Waals surface area contributed by atoms with Crippen molar-refractivity contribution in [3.63, 3.8) is 0 Å². The molecule has 0 spiro atoms. The van der Waals surface area contributed by atoms with Gasteiger partial charge in [-0.25, -0.2) is 0 Å². The zero-order valence-corrected chi connectivity index (χ0v) is 4.85. The predicted octanol–water partition coefficient (Wildman–Crippen LogP) is -0.103. The van der Waals surface area contributed by atoms with Gasteiger partial charge in [0.2, 0.25) is 0 Å². The summed E-state index contributed by atoms with van der Waals surface area (Å²) in [4.78, 5) is 0. The van der Waals surface area contributed by atoms with Crippen molar-refractivity contribution in [2.75, 3.05) is 13.1 Å². The number of aliphatic hydroxyl groups excluding tert-OH is 1. The number of aliphatic hydroxyl groups is 1. The summed E-state index contributed by atoms with van der Waals surface area (Å²) < 4.78 is 0. The van der Waals surface area contributed by atoms with Crippen LogP contribution in [0.5, 0.6) is 0 Å². The minimum absolute atomic E-state index is 0.253. The van der Waals surface area contributed by atoms with E-state index in [0.29, 0.717) is 0 Å². The molecule has 8 heavy (non-hydrogen) atoms. The van der Waals surface area contributed by atoms with Crippen LogP contribution in [0.3, 0.4) is 0 Å². The van der Waals surface area contributed by atoms with Crippen LogP contribution in [-0.2, 0) is 0 Å². The second kappa shape index (κ2) is 2.29. The standard InChI is InChI=1S/C6H11NO/c1-5-4-7-3-2-6(5)8/h6-8H,1-4H2. The van der Waals surface area contributed by atoms with Crippen molar-refractivity contribution < 1.29 is 5.11 Å². The molecule has 1 heterocycles. The summed E-state index contributed by atoms with van der Waals surface area (Å²) in [5.41, 5.74) is 0.913. The van der Waals surface area contributed by atoms with Crippen molar-refractivity contribution in [3.05, 3.63) is 12.2 Å². The number of rotatable bonds is 0. The predicted molar refractivity (Wildman–Crippen MR) is 32.6 cm³/mol. The van der Waals surface area contributed by atoms with E-state index in [2.05, 4.69) is 11.9 Å². The fraction of sp³-hybridized carbons (Fsp3) is 0.667. The Bertz CT molecular complexity index is 101. The lowest BCUT2D eigenvalue weighted by Crippen LogP contribution is -2.32. The van der Waals surface area contributed by atoms with Crippen LogP contribution in [0.15, 0.2) is 12.2 Å². The smallest absolute Gasteiger partial charge is 0.0771 e. The summed E-state index contributed by atoms with van der Waals surface area (Å²) in [5, 5.41) is 12.1.